The van der Waals surface area contributed by atoms with E-state index in [0.29, 0.717) is 13.0 Å². The van der Waals surface area contributed by atoms with Crippen molar-refractivity contribution in [3.8, 4) is 0 Å². The van der Waals surface area contributed by atoms with Gasteiger partial charge >= 0.3 is 0 Å². The van der Waals surface area contributed by atoms with E-state index in [9.17, 15) is 4.79 Å². The van der Waals surface area contributed by atoms with Crippen molar-refractivity contribution in [1.82, 2.24) is 24.8 Å². The summed E-state index contributed by atoms with van der Waals surface area (Å²) in [5.74, 6) is 0.918. The van der Waals surface area contributed by atoms with Crippen molar-refractivity contribution in [2.45, 2.75) is 45.2 Å². The Morgan fingerprint density at radius 2 is 2.38 bits per heavy atom. The number of nitrogens with zero attached hydrogens (tertiary/aromatic N) is 5. The molecule has 2 aromatic heterocycles. The Labute approximate surface area is 122 Å². The fourth-order valence-corrected chi connectivity index (χ4v) is 2.78. The first-order valence-corrected chi connectivity index (χ1v) is 7.29. The Morgan fingerprint density at radius 3 is 3.10 bits per heavy atom. The van der Waals surface area contributed by atoms with Crippen molar-refractivity contribution in [2.75, 3.05) is 6.54 Å². The maximum atomic E-state index is 12.5. The van der Waals surface area contributed by atoms with Crippen LogP contribution in [0, 0.1) is 6.92 Å². The van der Waals surface area contributed by atoms with E-state index in [4.69, 9.17) is 4.52 Å². The molecule has 1 atom stereocenters. The van der Waals surface area contributed by atoms with Crippen LogP contribution in [0.5, 0.6) is 0 Å². The minimum Gasteiger partial charge on any atom is -0.361 e. The molecule has 3 rings (SSSR count). The predicted octanol–water partition coefficient (Wildman–Crippen LogP) is 1.72. The average molecular weight is 289 g/mol. The lowest BCUT2D eigenvalue weighted by molar-refractivity contribution is -0.135. The molecule has 3 heterocycles. The van der Waals surface area contributed by atoms with Gasteiger partial charge in [0.25, 0.3) is 0 Å². The first-order valence-electron chi connectivity index (χ1n) is 7.29. The molecule has 7 nitrogen and oxygen atoms in total. The number of hydrogen-bond acceptors (Lipinski definition) is 5. The largest absolute Gasteiger partial charge is 0.361 e. The number of carbonyl (C=O) groups excluding carboxylic acids is 1. The summed E-state index contributed by atoms with van der Waals surface area (Å²) in [5, 5.41) is 8.11. The Balaban J connectivity index is 1.67. The molecule has 0 unspecified atom stereocenters. The molecule has 1 saturated heterocycles. The second-order valence-electron chi connectivity index (χ2n) is 5.37. The average Bonchev–Trinajstić information content (AvgIpc) is 3.16. The lowest BCUT2D eigenvalue weighted by atomic mass is 9.98. The highest BCUT2D eigenvalue weighted by Crippen LogP contribution is 2.31. The number of carbonyl (C=O) groups is 1. The second kappa shape index (κ2) is 6.07. The van der Waals surface area contributed by atoms with Crippen LogP contribution in [0.4, 0.5) is 0 Å². The Bertz CT molecular complexity index is 592. The second-order valence-corrected chi connectivity index (χ2v) is 5.37. The van der Waals surface area contributed by atoms with Crippen LogP contribution >= 0.6 is 0 Å². The van der Waals surface area contributed by atoms with Crippen LogP contribution in [0.2, 0.25) is 0 Å². The molecule has 1 fully saturated rings. The summed E-state index contributed by atoms with van der Waals surface area (Å²) in [6.07, 6.45) is 6.64. The molecule has 1 aliphatic heterocycles. The molecule has 112 valence electrons. The molecule has 0 aliphatic carbocycles. The first-order chi connectivity index (χ1) is 10.2. The van der Waals surface area contributed by atoms with Gasteiger partial charge in [-0.05, 0) is 26.2 Å². The lowest BCUT2D eigenvalue weighted by Crippen LogP contribution is -2.39. The summed E-state index contributed by atoms with van der Waals surface area (Å²) < 4.78 is 6.83. The summed E-state index contributed by atoms with van der Waals surface area (Å²) >= 11 is 0. The Kier molecular flexibility index (Phi) is 3.98. The molecular formula is C14H19N5O2. The maximum Gasteiger partial charge on any atom is 0.225 e. The van der Waals surface area contributed by atoms with Gasteiger partial charge in [-0.15, -0.1) is 0 Å². The molecule has 0 aromatic carbocycles. The number of rotatable bonds is 4. The smallest absolute Gasteiger partial charge is 0.225 e. The predicted molar refractivity (Wildman–Crippen MR) is 74.2 cm³/mol. The first kappa shape index (κ1) is 13.8. The quantitative estimate of drug-likeness (QED) is 0.856. The molecule has 0 N–H and O–H groups in total. The zero-order chi connectivity index (χ0) is 14.7. The Morgan fingerprint density at radius 1 is 1.48 bits per heavy atom. The van der Waals surface area contributed by atoms with Crippen LogP contribution in [-0.2, 0) is 11.3 Å². The summed E-state index contributed by atoms with van der Waals surface area (Å²) in [5.41, 5.74) is 0.862. The van der Waals surface area contributed by atoms with E-state index in [0.717, 1.165) is 37.3 Å². The van der Waals surface area contributed by atoms with Crippen LogP contribution in [-0.4, -0.2) is 37.3 Å². The van der Waals surface area contributed by atoms with Crippen molar-refractivity contribution in [2.24, 2.45) is 0 Å². The van der Waals surface area contributed by atoms with Crippen LogP contribution in [0.25, 0.3) is 0 Å². The number of likely N-dealkylation sites (tertiary alicyclic amines) is 1. The van der Waals surface area contributed by atoms with E-state index in [-0.39, 0.29) is 11.9 Å². The minimum absolute atomic E-state index is 0.0412. The molecule has 0 bridgehead atoms. The van der Waals surface area contributed by atoms with E-state index in [2.05, 4.69) is 15.2 Å². The van der Waals surface area contributed by atoms with Crippen LogP contribution < -0.4 is 0 Å². The molecular weight excluding hydrogens is 270 g/mol. The summed E-state index contributed by atoms with van der Waals surface area (Å²) in [7, 11) is 0. The fraction of sp³-hybridized carbons (Fsp3) is 0.571. The molecule has 21 heavy (non-hydrogen) atoms. The molecule has 2 aromatic rings. The highest BCUT2D eigenvalue weighted by Gasteiger charge is 2.29. The monoisotopic (exact) mass is 289 g/mol. The zero-order valence-corrected chi connectivity index (χ0v) is 12.1. The van der Waals surface area contributed by atoms with Gasteiger partial charge in [-0.25, -0.2) is 4.98 Å². The lowest BCUT2D eigenvalue weighted by Gasteiger charge is -2.34. The van der Waals surface area contributed by atoms with Gasteiger partial charge in [0.15, 0.2) is 0 Å². The van der Waals surface area contributed by atoms with Gasteiger partial charge in [0.05, 0.1) is 12.6 Å². The minimum atomic E-state index is 0.0412. The molecule has 1 amide bonds. The number of amides is 1. The number of aryl methyl sites for hydroxylation is 2. The Hall–Kier alpha value is -2.18. The van der Waals surface area contributed by atoms with E-state index in [1.165, 1.54) is 6.33 Å². The number of hydrogen-bond donors (Lipinski definition) is 0. The maximum absolute atomic E-state index is 12.5. The SMILES string of the molecule is Cc1cc([C@H]2CCCCN2C(=O)CCn2cncn2)no1. The fourth-order valence-electron chi connectivity index (χ4n) is 2.78. The van der Waals surface area contributed by atoms with Crippen LogP contribution in [0.1, 0.15) is 43.2 Å². The third-order valence-electron chi connectivity index (χ3n) is 3.83. The van der Waals surface area contributed by atoms with Crippen molar-refractivity contribution in [3.63, 3.8) is 0 Å². The van der Waals surface area contributed by atoms with Gasteiger partial charge in [-0.3, -0.25) is 9.48 Å². The van der Waals surface area contributed by atoms with Crippen molar-refractivity contribution < 1.29 is 9.32 Å². The third-order valence-corrected chi connectivity index (χ3v) is 3.83. The van der Waals surface area contributed by atoms with E-state index in [1.807, 2.05) is 17.9 Å². The highest BCUT2D eigenvalue weighted by molar-refractivity contribution is 5.76. The molecule has 0 radical (unpaired) electrons. The van der Waals surface area contributed by atoms with Gasteiger partial charge in [-0.1, -0.05) is 5.16 Å². The normalized spacial score (nSPS) is 18.9. The van der Waals surface area contributed by atoms with Crippen molar-refractivity contribution in [3.05, 3.63) is 30.2 Å². The van der Waals surface area contributed by atoms with Crippen LogP contribution in [0.15, 0.2) is 23.2 Å². The van der Waals surface area contributed by atoms with E-state index in [1.54, 1.807) is 11.0 Å². The van der Waals surface area contributed by atoms with Gasteiger partial charge in [0, 0.05) is 19.0 Å². The van der Waals surface area contributed by atoms with E-state index >= 15 is 0 Å². The van der Waals surface area contributed by atoms with Gasteiger partial charge in [-0.2, -0.15) is 5.10 Å². The molecule has 7 heteroatoms. The van der Waals surface area contributed by atoms with Crippen LogP contribution in [0.3, 0.4) is 0 Å². The third kappa shape index (κ3) is 3.12. The number of piperidine rings is 1. The van der Waals surface area contributed by atoms with Gasteiger partial charge in [0.1, 0.15) is 24.1 Å². The summed E-state index contributed by atoms with van der Waals surface area (Å²) in [6, 6.07) is 1.97. The summed E-state index contributed by atoms with van der Waals surface area (Å²) in [6.45, 7) is 3.21. The van der Waals surface area contributed by atoms with Crippen molar-refractivity contribution >= 4 is 5.91 Å². The standard InChI is InChI=1S/C14H19N5O2/c1-11-8-12(17-21-11)13-4-2-3-6-19(13)14(20)5-7-18-10-15-9-16-18/h8-10,13H,2-7H2,1H3/t13-/m1/s1. The zero-order valence-electron chi connectivity index (χ0n) is 12.1. The van der Waals surface area contributed by atoms with E-state index < -0.39 is 0 Å². The highest BCUT2D eigenvalue weighted by atomic mass is 16.5. The van der Waals surface area contributed by atoms with Crippen molar-refractivity contribution in [1.29, 1.82) is 0 Å². The van der Waals surface area contributed by atoms with Gasteiger partial charge < -0.3 is 9.42 Å². The topological polar surface area (TPSA) is 77.1 Å². The molecule has 0 spiro atoms. The van der Waals surface area contributed by atoms with Gasteiger partial charge in [0.2, 0.25) is 5.91 Å². The number of aromatic nitrogens is 4. The summed E-state index contributed by atoms with van der Waals surface area (Å²) in [4.78, 5) is 18.3. The molecule has 0 saturated carbocycles. The molecule has 1 aliphatic rings.